The predicted octanol–water partition coefficient (Wildman–Crippen LogP) is 3.15. The number of nitrogens with one attached hydrogen (secondary N) is 2. The molecule has 2 N–H and O–H groups in total. The molecule has 0 heterocycles. The van der Waals surface area contributed by atoms with Gasteiger partial charge in [-0.3, -0.25) is 4.79 Å². The van der Waals surface area contributed by atoms with Crippen LogP contribution in [-0.2, 0) is 4.79 Å². The Kier molecular flexibility index (Phi) is 5.44. The van der Waals surface area contributed by atoms with E-state index in [9.17, 15) is 4.79 Å². The number of carbonyl (C=O) groups is 1. The molecule has 1 aromatic rings. The number of hydrogen-bond acceptors (Lipinski definition) is 2. The zero-order valence-corrected chi connectivity index (χ0v) is 12.9. The first kappa shape index (κ1) is 15.3. The van der Waals surface area contributed by atoms with Crippen molar-refractivity contribution in [2.24, 2.45) is 11.8 Å². The highest BCUT2D eigenvalue weighted by atomic mass is 35.5. The number of halogens is 1. The fraction of sp³-hybridized carbons (Fsp3) is 0.562. The molecule has 0 bridgehead atoms. The second-order valence-electron chi connectivity index (χ2n) is 5.88. The maximum Gasteiger partial charge on any atom is 0.234 e. The van der Waals surface area contributed by atoms with Crippen LogP contribution >= 0.6 is 11.6 Å². The summed E-state index contributed by atoms with van der Waals surface area (Å²) < 4.78 is 0. The molecule has 3 nitrogen and oxygen atoms in total. The van der Waals surface area contributed by atoms with Crippen molar-refractivity contribution in [3.8, 4) is 0 Å². The molecule has 0 saturated heterocycles. The van der Waals surface area contributed by atoms with Gasteiger partial charge < -0.3 is 10.6 Å². The SMILES string of the molecule is CC(C)C(NC(=O)CNCC1CC1)c1ccccc1Cl. The van der Waals surface area contributed by atoms with Gasteiger partial charge in [0.05, 0.1) is 12.6 Å². The molecule has 0 radical (unpaired) electrons. The van der Waals surface area contributed by atoms with Gasteiger partial charge in [-0.1, -0.05) is 43.6 Å². The first-order chi connectivity index (χ1) is 9.58. The van der Waals surface area contributed by atoms with Crippen LogP contribution in [0, 0.1) is 11.8 Å². The summed E-state index contributed by atoms with van der Waals surface area (Å²) in [5.74, 6) is 1.11. The topological polar surface area (TPSA) is 41.1 Å². The average Bonchev–Trinajstić information content (AvgIpc) is 3.21. The van der Waals surface area contributed by atoms with Crippen molar-refractivity contribution >= 4 is 17.5 Å². The van der Waals surface area contributed by atoms with Gasteiger partial charge in [-0.05, 0) is 42.9 Å². The van der Waals surface area contributed by atoms with E-state index in [1.807, 2.05) is 24.3 Å². The van der Waals surface area contributed by atoms with E-state index in [1.165, 1.54) is 12.8 Å². The summed E-state index contributed by atoms with van der Waals surface area (Å²) in [6.45, 7) is 5.51. The molecule has 4 heteroatoms. The molecule has 20 heavy (non-hydrogen) atoms. The molecule has 1 fully saturated rings. The standard InChI is InChI=1S/C16H23ClN2O/c1-11(2)16(13-5-3-4-6-14(13)17)19-15(20)10-18-9-12-7-8-12/h3-6,11-12,16,18H,7-10H2,1-2H3,(H,19,20). The van der Waals surface area contributed by atoms with E-state index in [1.54, 1.807) is 0 Å². The maximum absolute atomic E-state index is 12.0. The van der Waals surface area contributed by atoms with Gasteiger partial charge in [0.1, 0.15) is 0 Å². The van der Waals surface area contributed by atoms with E-state index in [2.05, 4.69) is 24.5 Å². The Labute approximate surface area is 126 Å². The third kappa shape index (κ3) is 4.50. The summed E-state index contributed by atoms with van der Waals surface area (Å²) in [6, 6.07) is 7.66. The van der Waals surface area contributed by atoms with Crippen LogP contribution in [0.4, 0.5) is 0 Å². The minimum atomic E-state index is -0.0427. The van der Waals surface area contributed by atoms with Crippen LogP contribution in [0.15, 0.2) is 24.3 Å². The lowest BCUT2D eigenvalue weighted by Gasteiger charge is -2.24. The molecule has 110 valence electrons. The van der Waals surface area contributed by atoms with Crippen LogP contribution in [0.25, 0.3) is 0 Å². The van der Waals surface area contributed by atoms with Gasteiger partial charge in [-0.2, -0.15) is 0 Å². The summed E-state index contributed by atoms with van der Waals surface area (Å²) in [5.41, 5.74) is 0.986. The second kappa shape index (κ2) is 7.09. The Morgan fingerprint density at radius 3 is 2.65 bits per heavy atom. The van der Waals surface area contributed by atoms with E-state index in [0.29, 0.717) is 17.5 Å². The molecule has 1 aromatic carbocycles. The molecular weight excluding hydrogens is 272 g/mol. The number of carbonyl (C=O) groups excluding carboxylic acids is 1. The Hall–Kier alpha value is -1.06. The first-order valence-corrected chi connectivity index (χ1v) is 7.70. The Balaban J connectivity index is 1.91. The van der Waals surface area contributed by atoms with Crippen molar-refractivity contribution in [3.05, 3.63) is 34.9 Å². The predicted molar refractivity (Wildman–Crippen MR) is 82.8 cm³/mol. The van der Waals surface area contributed by atoms with Gasteiger partial charge >= 0.3 is 0 Å². The van der Waals surface area contributed by atoms with Crippen molar-refractivity contribution in [2.45, 2.75) is 32.7 Å². The van der Waals surface area contributed by atoms with Crippen molar-refractivity contribution in [1.82, 2.24) is 10.6 Å². The van der Waals surface area contributed by atoms with Gasteiger partial charge in [0.2, 0.25) is 5.91 Å². The third-order valence-corrected chi connectivity index (χ3v) is 3.98. The lowest BCUT2D eigenvalue weighted by atomic mass is 9.96. The molecule has 1 aliphatic carbocycles. The summed E-state index contributed by atoms with van der Waals surface area (Å²) in [6.07, 6.45) is 2.59. The summed E-state index contributed by atoms with van der Waals surface area (Å²) in [7, 11) is 0. The van der Waals surface area contributed by atoms with Crippen LogP contribution in [0.2, 0.25) is 5.02 Å². The molecule has 0 aliphatic heterocycles. The average molecular weight is 295 g/mol. The van der Waals surface area contributed by atoms with Crippen LogP contribution < -0.4 is 10.6 Å². The van der Waals surface area contributed by atoms with Crippen molar-refractivity contribution < 1.29 is 4.79 Å². The van der Waals surface area contributed by atoms with Crippen LogP contribution in [-0.4, -0.2) is 19.0 Å². The fourth-order valence-corrected chi connectivity index (χ4v) is 2.52. The minimum absolute atomic E-state index is 0.0317. The molecule has 0 spiro atoms. The van der Waals surface area contributed by atoms with Crippen LogP contribution in [0.1, 0.15) is 38.3 Å². The van der Waals surface area contributed by atoms with E-state index in [-0.39, 0.29) is 11.9 Å². The van der Waals surface area contributed by atoms with Gasteiger partial charge in [0.25, 0.3) is 0 Å². The van der Waals surface area contributed by atoms with Gasteiger partial charge in [-0.15, -0.1) is 0 Å². The molecule has 0 aromatic heterocycles. The molecule has 1 aliphatic rings. The smallest absolute Gasteiger partial charge is 0.234 e. The third-order valence-electron chi connectivity index (χ3n) is 3.64. The maximum atomic E-state index is 12.0. The summed E-state index contributed by atoms with van der Waals surface area (Å²) in [4.78, 5) is 12.0. The fourth-order valence-electron chi connectivity index (χ4n) is 2.27. The second-order valence-corrected chi connectivity index (χ2v) is 6.29. The minimum Gasteiger partial charge on any atom is -0.348 e. The zero-order valence-electron chi connectivity index (χ0n) is 12.2. The van der Waals surface area contributed by atoms with E-state index in [0.717, 1.165) is 18.0 Å². The van der Waals surface area contributed by atoms with Crippen molar-refractivity contribution in [3.63, 3.8) is 0 Å². The molecule has 1 amide bonds. The molecule has 1 atom stereocenters. The highest BCUT2D eigenvalue weighted by Gasteiger charge is 2.22. The van der Waals surface area contributed by atoms with E-state index in [4.69, 9.17) is 11.6 Å². The summed E-state index contributed by atoms with van der Waals surface area (Å²) in [5, 5.41) is 7.00. The van der Waals surface area contributed by atoms with Crippen LogP contribution in [0.3, 0.4) is 0 Å². The highest BCUT2D eigenvalue weighted by molar-refractivity contribution is 6.31. The van der Waals surface area contributed by atoms with Gasteiger partial charge in [-0.25, -0.2) is 0 Å². The Morgan fingerprint density at radius 1 is 1.35 bits per heavy atom. The summed E-state index contributed by atoms with van der Waals surface area (Å²) >= 11 is 6.23. The first-order valence-electron chi connectivity index (χ1n) is 7.32. The lowest BCUT2D eigenvalue weighted by Crippen LogP contribution is -2.38. The van der Waals surface area contributed by atoms with E-state index >= 15 is 0 Å². The highest BCUT2D eigenvalue weighted by Crippen LogP contribution is 2.28. The monoisotopic (exact) mass is 294 g/mol. The zero-order chi connectivity index (χ0) is 14.5. The Bertz CT molecular complexity index is 458. The number of rotatable bonds is 7. The number of amides is 1. The number of benzene rings is 1. The number of hydrogen-bond donors (Lipinski definition) is 2. The molecular formula is C16H23ClN2O. The molecule has 1 unspecified atom stereocenters. The largest absolute Gasteiger partial charge is 0.348 e. The van der Waals surface area contributed by atoms with E-state index < -0.39 is 0 Å². The quantitative estimate of drug-likeness (QED) is 0.811. The normalized spacial score (nSPS) is 16.2. The van der Waals surface area contributed by atoms with Crippen LogP contribution in [0.5, 0.6) is 0 Å². The molecule has 2 rings (SSSR count). The Morgan fingerprint density at radius 2 is 2.05 bits per heavy atom. The van der Waals surface area contributed by atoms with Crippen molar-refractivity contribution in [1.29, 1.82) is 0 Å². The van der Waals surface area contributed by atoms with Gasteiger partial charge in [0, 0.05) is 5.02 Å². The van der Waals surface area contributed by atoms with Gasteiger partial charge in [0.15, 0.2) is 0 Å². The van der Waals surface area contributed by atoms with Crippen molar-refractivity contribution in [2.75, 3.05) is 13.1 Å². The molecule has 1 saturated carbocycles. The lowest BCUT2D eigenvalue weighted by molar-refractivity contribution is -0.121.